The van der Waals surface area contributed by atoms with Gasteiger partial charge in [-0.3, -0.25) is 0 Å². The molecule has 1 saturated carbocycles. The summed E-state index contributed by atoms with van der Waals surface area (Å²) in [6, 6.07) is 2.88. The molecule has 1 fully saturated rings. The Kier molecular flexibility index (Phi) is 2.60. The maximum Gasteiger partial charge on any atom is 0.158 e. The third-order valence-corrected chi connectivity index (χ3v) is 2.92. The van der Waals surface area contributed by atoms with E-state index in [0.29, 0.717) is 0 Å². The van der Waals surface area contributed by atoms with E-state index in [1.165, 1.54) is 24.7 Å². The summed E-state index contributed by atoms with van der Waals surface area (Å²) in [6.07, 6.45) is 7.70. The highest BCUT2D eigenvalue weighted by molar-refractivity contribution is 5.34. The number of pyridine rings is 1. The SMILES string of the molecule is Cc1cc(CNC2CC2)cnc1-n1cncn1. The molecule has 1 aliphatic carbocycles. The van der Waals surface area contributed by atoms with E-state index in [4.69, 9.17) is 0 Å². The highest BCUT2D eigenvalue weighted by Crippen LogP contribution is 2.19. The lowest BCUT2D eigenvalue weighted by Gasteiger charge is -2.07. The fraction of sp³-hybridized carbons (Fsp3) is 0.417. The van der Waals surface area contributed by atoms with E-state index < -0.39 is 0 Å². The van der Waals surface area contributed by atoms with Gasteiger partial charge in [-0.2, -0.15) is 5.10 Å². The molecule has 2 aromatic rings. The lowest BCUT2D eigenvalue weighted by Crippen LogP contribution is -2.15. The molecule has 5 heteroatoms. The maximum absolute atomic E-state index is 4.44. The summed E-state index contributed by atoms with van der Waals surface area (Å²) < 4.78 is 1.69. The molecule has 0 unspecified atom stereocenters. The zero-order chi connectivity index (χ0) is 11.7. The fourth-order valence-electron chi connectivity index (χ4n) is 1.83. The van der Waals surface area contributed by atoms with Crippen molar-refractivity contribution in [3.05, 3.63) is 36.0 Å². The van der Waals surface area contributed by atoms with E-state index in [1.807, 2.05) is 13.1 Å². The molecule has 1 N–H and O–H groups in total. The van der Waals surface area contributed by atoms with Gasteiger partial charge in [-0.15, -0.1) is 0 Å². The summed E-state index contributed by atoms with van der Waals surface area (Å²) in [5.74, 6) is 0.845. The molecule has 0 bridgehead atoms. The molecule has 2 heterocycles. The number of nitrogens with one attached hydrogen (secondary N) is 1. The van der Waals surface area contributed by atoms with Gasteiger partial charge in [0.15, 0.2) is 5.82 Å². The predicted octanol–water partition coefficient (Wildman–Crippen LogP) is 1.22. The van der Waals surface area contributed by atoms with Gasteiger partial charge < -0.3 is 5.32 Å². The van der Waals surface area contributed by atoms with E-state index in [2.05, 4.69) is 26.4 Å². The maximum atomic E-state index is 4.44. The van der Waals surface area contributed by atoms with Crippen molar-refractivity contribution in [2.45, 2.75) is 32.4 Å². The van der Waals surface area contributed by atoms with Crippen LogP contribution in [0.2, 0.25) is 0 Å². The Balaban J connectivity index is 1.78. The molecule has 17 heavy (non-hydrogen) atoms. The zero-order valence-electron chi connectivity index (χ0n) is 9.80. The molecule has 5 nitrogen and oxygen atoms in total. The molecule has 0 atom stereocenters. The van der Waals surface area contributed by atoms with Crippen molar-refractivity contribution in [1.82, 2.24) is 25.1 Å². The number of hydrogen-bond acceptors (Lipinski definition) is 4. The average molecular weight is 229 g/mol. The van der Waals surface area contributed by atoms with Gasteiger partial charge in [-0.1, -0.05) is 0 Å². The molecule has 2 aromatic heterocycles. The zero-order valence-corrected chi connectivity index (χ0v) is 9.80. The van der Waals surface area contributed by atoms with Gasteiger partial charge in [0.1, 0.15) is 12.7 Å². The molecule has 0 aliphatic heterocycles. The normalized spacial score (nSPS) is 15.1. The van der Waals surface area contributed by atoms with Crippen molar-refractivity contribution in [3.63, 3.8) is 0 Å². The van der Waals surface area contributed by atoms with Crippen LogP contribution < -0.4 is 5.32 Å². The minimum absolute atomic E-state index is 0.727. The molecule has 3 rings (SSSR count). The van der Waals surface area contributed by atoms with Gasteiger partial charge in [0.25, 0.3) is 0 Å². The summed E-state index contributed by atoms with van der Waals surface area (Å²) in [5, 5.41) is 7.57. The summed E-state index contributed by atoms with van der Waals surface area (Å²) in [5.41, 5.74) is 2.34. The van der Waals surface area contributed by atoms with Crippen LogP contribution >= 0.6 is 0 Å². The highest BCUT2D eigenvalue weighted by atomic mass is 15.3. The van der Waals surface area contributed by atoms with Crippen LogP contribution in [0, 0.1) is 6.92 Å². The second-order valence-corrected chi connectivity index (χ2v) is 4.48. The number of aryl methyl sites for hydroxylation is 1. The second-order valence-electron chi connectivity index (χ2n) is 4.48. The average Bonchev–Trinajstić information content (AvgIpc) is 3.01. The fourth-order valence-corrected chi connectivity index (χ4v) is 1.83. The molecule has 88 valence electrons. The van der Waals surface area contributed by atoms with Crippen molar-refractivity contribution in [2.75, 3.05) is 0 Å². The standard InChI is InChI=1S/C12H15N5/c1-9-4-10(5-14-11-2-3-11)6-15-12(9)17-8-13-7-16-17/h4,6-8,11,14H,2-3,5H2,1H3. The summed E-state index contributed by atoms with van der Waals surface area (Å²) in [6.45, 7) is 2.95. The minimum Gasteiger partial charge on any atom is -0.310 e. The van der Waals surface area contributed by atoms with Gasteiger partial charge in [0, 0.05) is 18.8 Å². The van der Waals surface area contributed by atoms with Crippen LogP contribution in [0.5, 0.6) is 0 Å². The lowest BCUT2D eigenvalue weighted by molar-refractivity contribution is 0.684. The number of rotatable bonds is 4. The summed E-state index contributed by atoms with van der Waals surface area (Å²) in [4.78, 5) is 8.37. The van der Waals surface area contributed by atoms with Gasteiger partial charge in [-0.05, 0) is 37.0 Å². The predicted molar refractivity (Wildman–Crippen MR) is 63.8 cm³/mol. The molecule has 1 aliphatic rings. The van der Waals surface area contributed by atoms with E-state index in [0.717, 1.165) is 24.0 Å². The van der Waals surface area contributed by atoms with Crippen molar-refractivity contribution < 1.29 is 0 Å². The molecule has 0 aromatic carbocycles. The van der Waals surface area contributed by atoms with Crippen LogP contribution in [0.3, 0.4) is 0 Å². The first-order chi connectivity index (χ1) is 8.33. The number of nitrogens with zero attached hydrogens (tertiary/aromatic N) is 4. The Labute approximate surface area is 99.9 Å². The summed E-state index contributed by atoms with van der Waals surface area (Å²) >= 11 is 0. The van der Waals surface area contributed by atoms with Crippen molar-refractivity contribution in [3.8, 4) is 5.82 Å². The molecule has 0 saturated heterocycles. The Hall–Kier alpha value is -1.75. The monoisotopic (exact) mass is 229 g/mol. The van der Waals surface area contributed by atoms with Crippen LogP contribution in [0.1, 0.15) is 24.0 Å². The van der Waals surface area contributed by atoms with Gasteiger partial charge in [0.2, 0.25) is 0 Å². The van der Waals surface area contributed by atoms with Crippen LogP contribution in [-0.2, 0) is 6.54 Å². The van der Waals surface area contributed by atoms with Gasteiger partial charge in [0.05, 0.1) is 0 Å². The smallest absolute Gasteiger partial charge is 0.158 e. The first-order valence-corrected chi connectivity index (χ1v) is 5.87. The van der Waals surface area contributed by atoms with E-state index in [-0.39, 0.29) is 0 Å². The molecule has 0 spiro atoms. The van der Waals surface area contributed by atoms with Gasteiger partial charge >= 0.3 is 0 Å². The van der Waals surface area contributed by atoms with Crippen molar-refractivity contribution in [2.24, 2.45) is 0 Å². The quantitative estimate of drug-likeness (QED) is 0.856. The van der Waals surface area contributed by atoms with Crippen molar-refractivity contribution in [1.29, 1.82) is 0 Å². The Morgan fingerprint density at radius 2 is 2.35 bits per heavy atom. The molecular weight excluding hydrogens is 214 g/mol. The number of aromatic nitrogens is 4. The summed E-state index contributed by atoms with van der Waals surface area (Å²) in [7, 11) is 0. The molecule has 0 amide bonds. The third kappa shape index (κ3) is 2.34. The minimum atomic E-state index is 0.727. The number of hydrogen-bond donors (Lipinski definition) is 1. The second kappa shape index (κ2) is 4.25. The molecule has 0 radical (unpaired) electrons. The largest absolute Gasteiger partial charge is 0.310 e. The van der Waals surface area contributed by atoms with Gasteiger partial charge in [-0.25, -0.2) is 14.6 Å². The van der Waals surface area contributed by atoms with Crippen molar-refractivity contribution >= 4 is 0 Å². The van der Waals surface area contributed by atoms with Crippen LogP contribution in [0.15, 0.2) is 24.9 Å². The van der Waals surface area contributed by atoms with Crippen LogP contribution in [0.4, 0.5) is 0 Å². The van der Waals surface area contributed by atoms with E-state index in [9.17, 15) is 0 Å². The first kappa shape index (κ1) is 10.4. The van der Waals surface area contributed by atoms with Crippen LogP contribution in [0.25, 0.3) is 5.82 Å². The first-order valence-electron chi connectivity index (χ1n) is 5.87. The highest BCUT2D eigenvalue weighted by Gasteiger charge is 2.20. The van der Waals surface area contributed by atoms with E-state index in [1.54, 1.807) is 11.0 Å². The third-order valence-electron chi connectivity index (χ3n) is 2.92. The lowest BCUT2D eigenvalue weighted by atomic mass is 10.2. The van der Waals surface area contributed by atoms with Crippen LogP contribution in [-0.4, -0.2) is 25.8 Å². The Morgan fingerprint density at radius 3 is 3.00 bits per heavy atom. The Morgan fingerprint density at radius 1 is 1.47 bits per heavy atom. The van der Waals surface area contributed by atoms with E-state index >= 15 is 0 Å². The molecular formula is C12H15N5. The topological polar surface area (TPSA) is 55.6 Å². The Bertz CT molecular complexity index is 502.